The van der Waals surface area contributed by atoms with Crippen molar-refractivity contribution in [2.24, 2.45) is 0 Å². The van der Waals surface area contributed by atoms with Gasteiger partial charge in [-0.05, 0) is 32.5 Å². The summed E-state index contributed by atoms with van der Waals surface area (Å²) >= 11 is 0. The van der Waals surface area contributed by atoms with Crippen molar-refractivity contribution < 1.29 is 0 Å². The lowest BCUT2D eigenvalue weighted by Crippen LogP contribution is -2.13. The summed E-state index contributed by atoms with van der Waals surface area (Å²) in [5, 5.41) is 4.58. The predicted octanol–water partition coefficient (Wildman–Crippen LogP) is 2.73. The molecule has 0 saturated heterocycles. The highest BCUT2D eigenvalue weighted by atomic mass is 15.0. The van der Waals surface area contributed by atoms with Gasteiger partial charge in [0.05, 0.1) is 5.52 Å². The molecule has 1 aromatic heterocycles. The summed E-state index contributed by atoms with van der Waals surface area (Å²) in [4.78, 5) is 0. The summed E-state index contributed by atoms with van der Waals surface area (Å²) in [5.74, 6) is 0. The van der Waals surface area contributed by atoms with E-state index in [1.807, 2.05) is 7.05 Å². The lowest BCUT2D eigenvalue weighted by molar-refractivity contribution is 0.699. The zero-order valence-electron chi connectivity index (χ0n) is 10.4. The molecule has 0 aliphatic heterocycles. The van der Waals surface area contributed by atoms with Gasteiger partial charge in [0.2, 0.25) is 0 Å². The molecule has 1 aromatic carbocycles. The van der Waals surface area contributed by atoms with Crippen molar-refractivity contribution in [1.82, 2.24) is 9.88 Å². The van der Waals surface area contributed by atoms with E-state index in [4.69, 9.17) is 0 Å². The Labute approximate surface area is 97.3 Å². The fraction of sp³-hybridized carbons (Fsp3) is 0.429. The number of fused-ring (bicyclic) bond motifs is 1. The summed E-state index contributed by atoms with van der Waals surface area (Å²) in [6, 6.07) is 8.86. The largest absolute Gasteiger partial charge is 0.345 e. The van der Waals surface area contributed by atoms with Crippen LogP contribution in [0.1, 0.15) is 18.2 Å². The van der Waals surface area contributed by atoms with Gasteiger partial charge in [-0.1, -0.05) is 18.2 Å². The van der Waals surface area contributed by atoms with Gasteiger partial charge in [-0.25, -0.2) is 0 Å². The molecule has 2 nitrogen and oxygen atoms in total. The van der Waals surface area contributed by atoms with Gasteiger partial charge in [0.1, 0.15) is 0 Å². The molecular formula is C14H20N2. The van der Waals surface area contributed by atoms with Crippen molar-refractivity contribution in [3.63, 3.8) is 0 Å². The first-order valence-corrected chi connectivity index (χ1v) is 6.00. The molecule has 0 amide bonds. The molecule has 0 spiro atoms. The number of hydrogen-bond acceptors (Lipinski definition) is 1. The smallest absolute Gasteiger partial charge is 0.0512 e. The third kappa shape index (κ3) is 1.85. The highest BCUT2D eigenvalue weighted by Gasteiger charge is 2.08. The van der Waals surface area contributed by atoms with E-state index in [1.165, 1.54) is 22.2 Å². The molecule has 2 heteroatoms. The third-order valence-electron chi connectivity index (χ3n) is 3.16. The molecule has 0 atom stereocenters. The highest BCUT2D eigenvalue weighted by molar-refractivity contribution is 5.84. The van der Waals surface area contributed by atoms with Gasteiger partial charge in [-0.15, -0.1) is 0 Å². The average Bonchev–Trinajstić information content (AvgIpc) is 2.65. The van der Waals surface area contributed by atoms with Gasteiger partial charge in [0.15, 0.2) is 0 Å². The van der Waals surface area contributed by atoms with E-state index in [0.717, 1.165) is 19.5 Å². The standard InChI is InChI=1S/C14H20N2/c1-4-16-13(8-9-15-3)10-12-7-5-6-11(2)14(12)16/h5-7,10,15H,4,8-9H2,1-3H3. The Kier molecular flexibility index (Phi) is 3.30. The second-order valence-electron chi connectivity index (χ2n) is 4.25. The minimum Gasteiger partial charge on any atom is -0.345 e. The van der Waals surface area contributed by atoms with Crippen LogP contribution in [0.5, 0.6) is 0 Å². The molecule has 0 unspecified atom stereocenters. The lowest BCUT2D eigenvalue weighted by atomic mass is 10.1. The number of benzene rings is 1. The Hall–Kier alpha value is -1.28. The molecule has 2 aromatic rings. The number of likely N-dealkylation sites (N-methyl/N-ethyl adjacent to an activating group) is 1. The summed E-state index contributed by atoms with van der Waals surface area (Å²) in [6.45, 7) is 6.49. The molecule has 2 rings (SSSR count). The topological polar surface area (TPSA) is 17.0 Å². The van der Waals surface area contributed by atoms with Gasteiger partial charge in [0, 0.05) is 30.6 Å². The summed E-state index contributed by atoms with van der Waals surface area (Å²) in [5.41, 5.74) is 4.20. The molecule has 86 valence electrons. The van der Waals surface area contributed by atoms with Crippen LogP contribution in [0.25, 0.3) is 10.9 Å². The van der Waals surface area contributed by atoms with Crippen molar-refractivity contribution in [2.45, 2.75) is 26.8 Å². The first-order chi connectivity index (χ1) is 7.77. The summed E-state index contributed by atoms with van der Waals surface area (Å²) < 4.78 is 2.43. The maximum Gasteiger partial charge on any atom is 0.0512 e. The molecule has 0 bridgehead atoms. The Morgan fingerprint density at radius 3 is 2.81 bits per heavy atom. The second-order valence-corrected chi connectivity index (χ2v) is 4.25. The number of para-hydroxylation sites is 1. The van der Waals surface area contributed by atoms with E-state index in [2.05, 4.69) is 48.0 Å². The van der Waals surface area contributed by atoms with Gasteiger partial charge < -0.3 is 9.88 Å². The van der Waals surface area contributed by atoms with E-state index >= 15 is 0 Å². The average molecular weight is 216 g/mol. The van der Waals surface area contributed by atoms with Crippen molar-refractivity contribution in [1.29, 1.82) is 0 Å². The van der Waals surface area contributed by atoms with E-state index < -0.39 is 0 Å². The van der Waals surface area contributed by atoms with Gasteiger partial charge in [-0.2, -0.15) is 0 Å². The first-order valence-electron chi connectivity index (χ1n) is 6.00. The van der Waals surface area contributed by atoms with Crippen LogP contribution in [0.2, 0.25) is 0 Å². The summed E-state index contributed by atoms with van der Waals surface area (Å²) in [6.07, 6.45) is 1.10. The number of nitrogens with zero attached hydrogens (tertiary/aromatic N) is 1. The van der Waals surface area contributed by atoms with Crippen LogP contribution in [0.4, 0.5) is 0 Å². The molecule has 0 saturated carbocycles. The zero-order valence-corrected chi connectivity index (χ0v) is 10.4. The minimum atomic E-state index is 1.04. The number of rotatable bonds is 4. The SMILES string of the molecule is CCn1c(CCNC)cc2cccc(C)c21. The number of aromatic nitrogens is 1. The number of nitrogens with one attached hydrogen (secondary N) is 1. The highest BCUT2D eigenvalue weighted by Crippen LogP contribution is 2.23. The second kappa shape index (κ2) is 4.71. The lowest BCUT2D eigenvalue weighted by Gasteiger charge is -2.09. The van der Waals surface area contributed by atoms with Crippen LogP contribution in [0.15, 0.2) is 24.3 Å². The van der Waals surface area contributed by atoms with Crippen molar-refractivity contribution in [3.8, 4) is 0 Å². The van der Waals surface area contributed by atoms with Crippen LogP contribution in [-0.2, 0) is 13.0 Å². The van der Waals surface area contributed by atoms with Crippen LogP contribution in [0.3, 0.4) is 0 Å². The molecule has 0 aliphatic rings. The molecule has 1 N–H and O–H groups in total. The Morgan fingerprint density at radius 2 is 2.12 bits per heavy atom. The van der Waals surface area contributed by atoms with Gasteiger partial charge >= 0.3 is 0 Å². The molecule has 16 heavy (non-hydrogen) atoms. The molecule has 0 radical (unpaired) electrons. The van der Waals surface area contributed by atoms with Crippen molar-refractivity contribution in [3.05, 3.63) is 35.5 Å². The first kappa shape index (κ1) is 11.2. The van der Waals surface area contributed by atoms with Crippen LogP contribution in [0, 0.1) is 6.92 Å². The molecule has 0 aliphatic carbocycles. The number of hydrogen-bond donors (Lipinski definition) is 1. The van der Waals surface area contributed by atoms with Crippen LogP contribution in [-0.4, -0.2) is 18.2 Å². The van der Waals surface area contributed by atoms with Gasteiger partial charge in [0.25, 0.3) is 0 Å². The molecule has 0 fully saturated rings. The van der Waals surface area contributed by atoms with E-state index in [0.29, 0.717) is 0 Å². The maximum atomic E-state index is 3.21. The fourth-order valence-electron chi connectivity index (χ4n) is 2.39. The Balaban J connectivity index is 2.53. The third-order valence-corrected chi connectivity index (χ3v) is 3.16. The quantitative estimate of drug-likeness (QED) is 0.831. The Morgan fingerprint density at radius 1 is 1.31 bits per heavy atom. The fourth-order valence-corrected chi connectivity index (χ4v) is 2.39. The van der Waals surface area contributed by atoms with E-state index in [-0.39, 0.29) is 0 Å². The zero-order chi connectivity index (χ0) is 11.5. The van der Waals surface area contributed by atoms with E-state index in [1.54, 1.807) is 0 Å². The molecular weight excluding hydrogens is 196 g/mol. The number of aryl methyl sites for hydroxylation is 2. The van der Waals surface area contributed by atoms with E-state index in [9.17, 15) is 0 Å². The van der Waals surface area contributed by atoms with Gasteiger partial charge in [-0.3, -0.25) is 0 Å². The van der Waals surface area contributed by atoms with Crippen LogP contribution < -0.4 is 5.32 Å². The Bertz CT molecular complexity index is 483. The van der Waals surface area contributed by atoms with Crippen molar-refractivity contribution in [2.75, 3.05) is 13.6 Å². The summed E-state index contributed by atoms with van der Waals surface area (Å²) in [7, 11) is 2.00. The molecule has 1 heterocycles. The maximum absolute atomic E-state index is 3.21. The normalized spacial score (nSPS) is 11.2. The van der Waals surface area contributed by atoms with Crippen molar-refractivity contribution >= 4 is 10.9 Å². The predicted molar refractivity (Wildman–Crippen MR) is 70.0 cm³/mol. The monoisotopic (exact) mass is 216 g/mol. The van der Waals surface area contributed by atoms with Crippen LogP contribution >= 0.6 is 0 Å². The minimum absolute atomic E-state index is 1.04.